The first-order valence-electron chi connectivity index (χ1n) is 7.47. The van der Waals surface area contributed by atoms with Gasteiger partial charge in [0.25, 0.3) is 0 Å². The summed E-state index contributed by atoms with van der Waals surface area (Å²) in [4.78, 5) is 23.5. The molecule has 1 rings (SSSR count). The number of hydrogen-bond acceptors (Lipinski definition) is 4. The second-order valence-electron chi connectivity index (χ2n) is 5.32. The Kier molecular flexibility index (Phi) is 7.51. The lowest BCUT2D eigenvalue weighted by molar-refractivity contribution is -0.155. The van der Waals surface area contributed by atoms with Crippen molar-refractivity contribution in [1.29, 1.82) is 0 Å². The Balaban J connectivity index is 2.52. The van der Waals surface area contributed by atoms with E-state index in [1.165, 1.54) is 0 Å². The van der Waals surface area contributed by atoms with Crippen molar-refractivity contribution >= 4 is 11.9 Å². The standard InChI is InChI=1S/C17H24O4/c1-4-5-11-15(21-16(18)13(2)3)12-20-17(19)14-9-7-6-8-10-14/h6-10,13,15H,4-5,11-12H2,1-3H3. The first-order chi connectivity index (χ1) is 10.0. The Morgan fingerprint density at radius 1 is 1.14 bits per heavy atom. The van der Waals surface area contributed by atoms with Crippen LogP contribution < -0.4 is 0 Å². The van der Waals surface area contributed by atoms with Crippen molar-refractivity contribution in [1.82, 2.24) is 0 Å². The van der Waals surface area contributed by atoms with E-state index in [0.717, 1.165) is 12.8 Å². The van der Waals surface area contributed by atoms with Crippen molar-refractivity contribution in [3.05, 3.63) is 35.9 Å². The summed E-state index contributed by atoms with van der Waals surface area (Å²) in [6.45, 7) is 5.74. The van der Waals surface area contributed by atoms with Crippen molar-refractivity contribution < 1.29 is 19.1 Å². The summed E-state index contributed by atoms with van der Waals surface area (Å²) in [6.07, 6.45) is 2.27. The van der Waals surface area contributed by atoms with Gasteiger partial charge < -0.3 is 9.47 Å². The van der Waals surface area contributed by atoms with Crippen molar-refractivity contribution in [3.63, 3.8) is 0 Å². The van der Waals surface area contributed by atoms with Gasteiger partial charge in [0.2, 0.25) is 0 Å². The fourth-order valence-corrected chi connectivity index (χ4v) is 1.73. The van der Waals surface area contributed by atoms with Crippen LogP contribution in [0.4, 0.5) is 0 Å². The zero-order valence-electron chi connectivity index (χ0n) is 13.0. The van der Waals surface area contributed by atoms with Gasteiger partial charge >= 0.3 is 11.9 Å². The number of rotatable bonds is 8. The summed E-state index contributed by atoms with van der Waals surface area (Å²) in [5.41, 5.74) is 0.502. The molecule has 1 atom stereocenters. The molecule has 0 N–H and O–H groups in total. The second-order valence-corrected chi connectivity index (χ2v) is 5.32. The van der Waals surface area contributed by atoms with E-state index in [2.05, 4.69) is 6.92 Å². The van der Waals surface area contributed by atoms with E-state index < -0.39 is 5.97 Å². The molecule has 0 radical (unpaired) electrons. The highest BCUT2D eigenvalue weighted by Gasteiger charge is 2.19. The minimum absolute atomic E-state index is 0.103. The largest absolute Gasteiger partial charge is 0.459 e. The molecule has 0 bridgehead atoms. The molecule has 0 spiro atoms. The monoisotopic (exact) mass is 292 g/mol. The van der Waals surface area contributed by atoms with Crippen LogP contribution >= 0.6 is 0 Å². The normalized spacial score (nSPS) is 12.0. The number of esters is 2. The highest BCUT2D eigenvalue weighted by atomic mass is 16.6. The lowest BCUT2D eigenvalue weighted by Crippen LogP contribution is -2.27. The van der Waals surface area contributed by atoms with Crippen molar-refractivity contribution in [3.8, 4) is 0 Å². The average Bonchev–Trinajstić information content (AvgIpc) is 2.50. The van der Waals surface area contributed by atoms with Gasteiger partial charge in [-0.2, -0.15) is 0 Å². The topological polar surface area (TPSA) is 52.6 Å². The highest BCUT2D eigenvalue weighted by Crippen LogP contribution is 2.10. The molecule has 0 aromatic heterocycles. The molecular weight excluding hydrogens is 268 g/mol. The first-order valence-corrected chi connectivity index (χ1v) is 7.47. The van der Waals surface area contributed by atoms with Crippen LogP contribution in [0.15, 0.2) is 30.3 Å². The summed E-state index contributed by atoms with van der Waals surface area (Å²) >= 11 is 0. The molecule has 1 unspecified atom stereocenters. The van der Waals surface area contributed by atoms with Crippen LogP contribution in [-0.4, -0.2) is 24.6 Å². The second kappa shape index (κ2) is 9.16. The SMILES string of the molecule is CCCCC(COC(=O)c1ccccc1)OC(=O)C(C)C. The number of benzene rings is 1. The van der Waals surface area contributed by atoms with Gasteiger partial charge in [-0.25, -0.2) is 4.79 Å². The van der Waals surface area contributed by atoms with Gasteiger partial charge in [-0.1, -0.05) is 45.4 Å². The van der Waals surface area contributed by atoms with Crippen LogP contribution in [0.5, 0.6) is 0 Å². The third-order valence-corrected chi connectivity index (χ3v) is 3.04. The first kappa shape index (κ1) is 17.2. The zero-order chi connectivity index (χ0) is 15.7. The minimum atomic E-state index is -0.391. The molecule has 0 aliphatic rings. The molecule has 0 aliphatic heterocycles. The predicted molar refractivity (Wildman–Crippen MR) is 81.0 cm³/mol. The molecule has 116 valence electrons. The van der Waals surface area contributed by atoms with Gasteiger partial charge in [0.1, 0.15) is 12.7 Å². The molecular formula is C17H24O4. The minimum Gasteiger partial charge on any atom is -0.459 e. The summed E-state index contributed by atoms with van der Waals surface area (Å²) in [7, 11) is 0. The van der Waals surface area contributed by atoms with E-state index in [1.54, 1.807) is 38.1 Å². The van der Waals surface area contributed by atoms with Gasteiger partial charge in [0, 0.05) is 0 Å². The zero-order valence-corrected chi connectivity index (χ0v) is 13.0. The molecule has 0 heterocycles. The lowest BCUT2D eigenvalue weighted by Gasteiger charge is -2.19. The van der Waals surface area contributed by atoms with Crippen LogP contribution in [-0.2, 0) is 14.3 Å². The Labute approximate surface area is 126 Å². The van der Waals surface area contributed by atoms with E-state index in [4.69, 9.17) is 9.47 Å². The summed E-state index contributed by atoms with van der Waals surface area (Å²) in [5, 5.41) is 0. The Hall–Kier alpha value is -1.84. The van der Waals surface area contributed by atoms with Gasteiger partial charge in [-0.3, -0.25) is 4.79 Å². The molecule has 0 amide bonds. The molecule has 1 aromatic rings. The van der Waals surface area contributed by atoms with Crippen LogP contribution in [0.25, 0.3) is 0 Å². The van der Waals surface area contributed by atoms with Gasteiger partial charge in [0.05, 0.1) is 11.5 Å². The maximum absolute atomic E-state index is 11.9. The molecule has 4 heteroatoms. The lowest BCUT2D eigenvalue weighted by atomic mass is 10.1. The van der Waals surface area contributed by atoms with Gasteiger partial charge in [-0.05, 0) is 25.0 Å². The van der Waals surface area contributed by atoms with E-state index in [1.807, 2.05) is 6.07 Å². The Bertz CT molecular complexity index is 439. The maximum atomic E-state index is 11.9. The van der Waals surface area contributed by atoms with Gasteiger partial charge in [0.15, 0.2) is 0 Å². The van der Waals surface area contributed by atoms with Crippen molar-refractivity contribution in [2.45, 2.75) is 46.1 Å². The highest BCUT2D eigenvalue weighted by molar-refractivity contribution is 5.89. The number of ether oxygens (including phenoxy) is 2. The quantitative estimate of drug-likeness (QED) is 0.687. The summed E-state index contributed by atoms with van der Waals surface area (Å²) < 4.78 is 10.6. The Morgan fingerprint density at radius 3 is 2.38 bits per heavy atom. The van der Waals surface area contributed by atoms with E-state index in [9.17, 15) is 9.59 Å². The molecule has 4 nitrogen and oxygen atoms in total. The smallest absolute Gasteiger partial charge is 0.338 e. The number of carbonyl (C=O) groups is 2. The van der Waals surface area contributed by atoms with Crippen LogP contribution in [0, 0.1) is 5.92 Å². The molecule has 21 heavy (non-hydrogen) atoms. The maximum Gasteiger partial charge on any atom is 0.338 e. The number of carbonyl (C=O) groups excluding carboxylic acids is 2. The van der Waals surface area contributed by atoms with Crippen molar-refractivity contribution in [2.75, 3.05) is 6.61 Å². The molecule has 1 aromatic carbocycles. The van der Waals surface area contributed by atoms with E-state index in [0.29, 0.717) is 12.0 Å². The number of hydrogen-bond donors (Lipinski definition) is 0. The third kappa shape index (κ3) is 6.43. The fourth-order valence-electron chi connectivity index (χ4n) is 1.73. The number of unbranched alkanes of at least 4 members (excludes halogenated alkanes) is 1. The molecule has 0 fully saturated rings. The van der Waals surface area contributed by atoms with Crippen LogP contribution in [0.2, 0.25) is 0 Å². The molecule has 0 saturated heterocycles. The summed E-state index contributed by atoms with van der Waals surface area (Å²) in [5.74, 6) is -0.830. The molecule has 0 aliphatic carbocycles. The predicted octanol–water partition coefficient (Wildman–Crippen LogP) is 3.60. The van der Waals surface area contributed by atoms with E-state index >= 15 is 0 Å². The third-order valence-electron chi connectivity index (χ3n) is 3.04. The summed E-state index contributed by atoms with van der Waals surface area (Å²) in [6, 6.07) is 8.80. The Morgan fingerprint density at radius 2 is 1.81 bits per heavy atom. The average molecular weight is 292 g/mol. The van der Waals surface area contributed by atoms with Gasteiger partial charge in [-0.15, -0.1) is 0 Å². The molecule has 0 saturated carbocycles. The fraction of sp³-hybridized carbons (Fsp3) is 0.529. The van der Waals surface area contributed by atoms with Crippen molar-refractivity contribution in [2.24, 2.45) is 5.92 Å². The van der Waals surface area contributed by atoms with E-state index in [-0.39, 0.29) is 24.6 Å². The van der Waals surface area contributed by atoms with Crippen LogP contribution in [0.3, 0.4) is 0 Å². The van der Waals surface area contributed by atoms with Crippen LogP contribution in [0.1, 0.15) is 50.4 Å².